The molecule has 0 spiro atoms. The molecule has 14 nitrogen and oxygen atoms in total. The van der Waals surface area contributed by atoms with Gasteiger partial charge in [0.2, 0.25) is 11.8 Å². The van der Waals surface area contributed by atoms with Crippen molar-refractivity contribution in [3.63, 3.8) is 0 Å². The van der Waals surface area contributed by atoms with Crippen LogP contribution in [-0.4, -0.2) is 93.9 Å². The third kappa shape index (κ3) is 12.8. The number of amides is 5. The zero-order chi connectivity index (χ0) is 43.5. The lowest BCUT2D eigenvalue weighted by molar-refractivity contribution is -0.133. The first kappa shape index (κ1) is 45.2. The number of hydrogen-bond donors (Lipinski definition) is 5. The van der Waals surface area contributed by atoms with Crippen LogP contribution in [0.2, 0.25) is 0 Å². The number of hydrazine groups is 1. The van der Waals surface area contributed by atoms with Crippen molar-refractivity contribution >= 4 is 23.9 Å². The van der Waals surface area contributed by atoms with Crippen LogP contribution in [0.3, 0.4) is 0 Å². The molecule has 0 bridgehead atoms. The van der Waals surface area contributed by atoms with Crippen molar-refractivity contribution < 1.29 is 29.0 Å². The molecule has 5 rings (SSSR count). The number of carbonyl (C=O) groups is 4. The Hall–Kier alpha value is -5.86. The highest BCUT2D eigenvalue weighted by atomic mass is 16.5. The zero-order valence-corrected chi connectivity index (χ0v) is 35.8. The average Bonchev–Trinajstić information content (AvgIpc) is 3.55. The summed E-state index contributed by atoms with van der Waals surface area (Å²) in [5, 5.41) is 22.7. The second-order valence-electron chi connectivity index (χ2n) is 17.4. The fraction of sp³-hybridized carbons (Fsp3) is 0.435. The normalized spacial score (nSPS) is 15.8. The second kappa shape index (κ2) is 20.4. The van der Waals surface area contributed by atoms with E-state index in [1.54, 1.807) is 28.5 Å². The van der Waals surface area contributed by atoms with Gasteiger partial charge >= 0.3 is 12.1 Å². The van der Waals surface area contributed by atoms with Crippen molar-refractivity contribution in [2.45, 2.75) is 85.7 Å². The van der Waals surface area contributed by atoms with E-state index in [0.29, 0.717) is 13.0 Å². The van der Waals surface area contributed by atoms with Gasteiger partial charge in [-0.25, -0.2) is 14.6 Å². The van der Waals surface area contributed by atoms with E-state index in [2.05, 4.69) is 31.3 Å². The minimum Gasteiger partial charge on any atom is -0.453 e. The largest absolute Gasteiger partial charge is 0.453 e. The van der Waals surface area contributed by atoms with E-state index in [-0.39, 0.29) is 50.4 Å². The summed E-state index contributed by atoms with van der Waals surface area (Å²) in [7, 11) is 1.28. The molecule has 320 valence electrons. The van der Waals surface area contributed by atoms with Gasteiger partial charge in [0.25, 0.3) is 0 Å². The Morgan fingerprint density at radius 3 is 2.33 bits per heavy atom. The highest BCUT2D eigenvalue weighted by Gasteiger charge is 2.46. The summed E-state index contributed by atoms with van der Waals surface area (Å²) < 4.78 is 4.71. The molecule has 0 aliphatic carbocycles. The smallest absolute Gasteiger partial charge is 0.406 e. The maximum atomic E-state index is 14.7. The van der Waals surface area contributed by atoms with E-state index in [4.69, 9.17) is 4.74 Å². The lowest BCUT2D eigenvalue weighted by Crippen LogP contribution is -2.57. The number of carbonyl (C=O) groups excluding carboxylic acids is 4. The van der Waals surface area contributed by atoms with Gasteiger partial charge in [-0.1, -0.05) is 95.3 Å². The van der Waals surface area contributed by atoms with Gasteiger partial charge in [-0.2, -0.15) is 0 Å². The highest BCUT2D eigenvalue weighted by molar-refractivity contribution is 5.84. The molecule has 4 aromatic rings. The van der Waals surface area contributed by atoms with Crippen molar-refractivity contribution in [2.75, 3.05) is 26.7 Å². The number of methoxy groups -OCH3 is 1. The fourth-order valence-corrected chi connectivity index (χ4v) is 7.59. The molecule has 60 heavy (non-hydrogen) atoms. The Morgan fingerprint density at radius 1 is 0.967 bits per heavy atom. The molecule has 1 fully saturated rings. The maximum Gasteiger partial charge on any atom is 0.406 e. The standard InChI is InChI=1S/C46H60N8O6/c1-31-20-22-47-25-35(31)28-54-38(26-49-43(54)58)41(45(2,3)4)42(57)51-37(23-32-13-9-8-10-14-32)39(55)29-53(52-40(56)24-46(5,6)30-50-44(59)60-7)27-33-16-18-34(19-17-33)36-15-11-12-21-48-36/h8-22,25,37-39,41,55H,23-24,26-30H2,1-7H3,(H,49,58)(H,50,59)(H,51,57)(H,52,56). The number of alkyl carbamates (subject to hydrolysis) is 1. The van der Waals surface area contributed by atoms with Gasteiger partial charge < -0.3 is 30.7 Å². The molecule has 5 N–H and O–H groups in total. The molecule has 1 aliphatic rings. The van der Waals surface area contributed by atoms with Crippen LogP contribution in [0, 0.1) is 23.7 Å². The first-order chi connectivity index (χ1) is 28.5. The molecular weight excluding hydrogens is 761 g/mol. The van der Waals surface area contributed by atoms with E-state index in [1.807, 2.05) is 120 Å². The van der Waals surface area contributed by atoms with Crippen molar-refractivity contribution in [3.05, 3.63) is 120 Å². The van der Waals surface area contributed by atoms with Crippen LogP contribution in [0.25, 0.3) is 11.3 Å². The number of nitrogens with one attached hydrogen (secondary N) is 4. The monoisotopic (exact) mass is 820 g/mol. The second-order valence-corrected chi connectivity index (χ2v) is 17.4. The molecule has 3 heterocycles. The summed E-state index contributed by atoms with van der Waals surface area (Å²) >= 11 is 0. The van der Waals surface area contributed by atoms with E-state index in [9.17, 15) is 24.3 Å². The number of benzene rings is 2. The van der Waals surface area contributed by atoms with Crippen LogP contribution in [0.5, 0.6) is 0 Å². The maximum absolute atomic E-state index is 14.7. The first-order valence-corrected chi connectivity index (χ1v) is 20.4. The molecule has 1 saturated heterocycles. The number of ether oxygens (including phenoxy) is 1. The summed E-state index contributed by atoms with van der Waals surface area (Å²) in [6, 6.07) is 23.5. The molecular formula is C46H60N8O6. The van der Waals surface area contributed by atoms with Crippen LogP contribution < -0.4 is 21.4 Å². The van der Waals surface area contributed by atoms with Gasteiger partial charge in [-0.05, 0) is 64.6 Å². The molecule has 0 saturated carbocycles. The summed E-state index contributed by atoms with van der Waals surface area (Å²) in [5.41, 5.74) is 7.22. The average molecular weight is 821 g/mol. The predicted octanol–water partition coefficient (Wildman–Crippen LogP) is 5.40. The SMILES string of the molecule is COC(=O)NCC(C)(C)CC(=O)NN(Cc1ccc(-c2ccccn2)cc1)CC(O)C(Cc1ccccc1)NC(=O)C(C1CNC(=O)N1Cc1cnccc1C)C(C)(C)C. The lowest BCUT2D eigenvalue weighted by Gasteiger charge is -2.39. The van der Waals surface area contributed by atoms with E-state index >= 15 is 0 Å². The molecule has 5 amide bonds. The van der Waals surface area contributed by atoms with E-state index < -0.39 is 41.0 Å². The van der Waals surface area contributed by atoms with Gasteiger partial charge in [0.15, 0.2) is 0 Å². The predicted molar refractivity (Wildman–Crippen MR) is 230 cm³/mol. The third-order valence-electron chi connectivity index (χ3n) is 10.8. The Labute approximate surface area is 353 Å². The van der Waals surface area contributed by atoms with Crippen LogP contribution in [0.15, 0.2) is 97.5 Å². The Bertz CT molecular complexity index is 2040. The summed E-state index contributed by atoms with van der Waals surface area (Å²) in [6.07, 6.45) is 3.81. The number of pyridine rings is 2. The molecule has 1 aliphatic heterocycles. The van der Waals surface area contributed by atoms with Crippen molar-refractivity contribution in [1.29, 1.82) is 0 Å². The van der Waals surface area contributed by atoms with E-state index in [0.717, 1.165) is 33.5 Å². The summed E-state index contributed by atoms with van der Waals surface area (Å²) in [4.78, 5) is 63.9. The molecule has 4 atom stereocenters. The van der Waals surface area contributed by atoms with Crippen molar-refractivity contribution in [1.82, 2.24) is 41.3 Å². The molecule has 2 aromatic carbocycles. The van der Waals surface area contributed by atoms with Gasteiger partial charge in [0.1, 0.15) is 0 Å². The number of rotatable bonds is 18. The zero-order valence-electron chi connectivity index (χ0n) is 35.8. The molecule has 14 heteroatoms. The Morgan fingerprint density at radius 2 is 1.68 bits per heavy atom. The Kier molecular flexibility index (Phi) is 15.4. The van der Waals surface area contributed by atoms with E-state index in [1.165, 1.54) is 7.11 Å². The number of nitrogens with zero attached hydrogens (tertiary/aromatic N) is 4. The fourth-order valence-electron chi connectivity index (χ4n) is 7.59. The number of hydrogen-bond acceptors (Lipinski definition) is 9. The minimum atomic E-state index is -1.16. The Balaban J connectivity index is 1.40. The van der Waals surface area contributed by atoms with Crippen LogP contribution in [0.4, 0.5) is 9.59 Å². The summed E-state index contributed by atoms with van der Waals surface area (Å²) in [6.45, 7) is 12.6. The number of aliphatic hydroxyl groups excluding tert-OH is 1. The number of aromatic nitrogens is 2. The van der Waals surface area contributed by atoms with Crippen LogP contribution in [0.1, 0.15) is 63.3 Å². The molecule has 2 aromatic heterocycles. The first-order valence-electron chi connectivity index (χ1n) is 20.4. The van der Waals surface area contributed by atoms with Crippen molar-refractivity contribution in [3.8, 4) is 11.3 Å². The van der Waals surface area contributed by atoms with Gasteiger partial charge in [0.05, 0.1) is 36.9 Å². The summed E-state index contributed by atoms with van der Waals surface area (Å²) in [5.74, 6) is -1.27. The van der Waals surface area contributed by atoms with Crippen molar-refractivity contribution in [2.24, 2.45) is 16.7 Å². The molecule has 0 radical (unpaired) electrons. The van der Waals surface area contributed by atoms with Gasteiger partial charge in [0, 0.05) is 63.3 Å². The highest BCUT2D eigenvalue weighted by Crippen LogP contribution is 2.34. The molecule has 4 unspecified atom stereocenters. The number of aliphatic hydroxyl groups is 1. The van der Waals surface area contributed by atoms with Crippen LogP contribution >= 0.6 is 0 Å². The third-order valence-corrected chi connectivity index (χ3v) is 10.8. The lowest BCUT2D eigenvalue weighted by atomic mass is 9.75. The van der Waals surface area contributed by atoms with Gasteiger partial charge in [-0.15, -0.1) is 0 Å². The van der Waals surface area contributed by atoms with Crippen LogP contribution in [-0.2, 0) is 33.8 Å². The quantitative estimate of drug-likeness (QED) is 0.0823. The number of urea groups is 1. The minimum absolute atomic E-state index is 0.0393. The van der Waals surface area contributed by atoms with Gasteiger partial charge in [-0.3, -0.25) is 25.0 Å². The topological polar surface area (TPSA) is 178 Å². The number of aryl methyl sites for hydroxylation is 1.